The number of nitrogens with zero attached hydrogens (tertiary/aromatic N) is 1. The Labute approximate surface area is 276 Å². The van der Waals surface area contributed by atoms with Gasteiger partial charge in [-0.05, 0) is 91.8 Å². The van der Waals surface area contributed by atoms with Crippen LogP contribution in [0.5, 0.6) is 5.75 Å². The van der Waals surface area contributed by atoms with Crippen molar-refractivity contribution >= 4 is 33.2 Å². The molecule has 11 heteroatoms. The lowest BCUT2D eigenvalue weighted by Crippen LogP contribution is -2.49. The topological polar surface area (TPSA) is 103 Å². The van der Waals surface area contributed by atoms with Gasteiger partial charge >= 0.3 is 0 Å². The van der Waals surface area contributed by atoms with Crippen LogP contribution in [0.1, 0.15) is 53.6 Å². The van der Waals surface area contributed by atoms with Crippen molar-refractivity contribution in [2.24, 2.45) is 17.8 Å². The van der Waals surface area contributed by atoms with Gasteiger partial charge < -0.3 is 23.8 Å². The summed E-state index contributed by atoms with van der Waals surface area (Å²) in [5, 5.41) is -0.0803. The second-order valence-electron chi connectivity index (χ2n) is 13.6. The molecule has 9 nitrogen and oxygen atoms in total. The number of methoxy groups -OCH3 is 1. The maximum absolute atomic E-state index is 13.5. The lowest BCUT2D eigenvalue weighted by Gasteiger charge is -2.46. The molecule has 0 aromatic heterocycles. The second-order valence-corrected chi connectivity index (χ2v) is 15.9. The van der Waals surface area contributed by atoms with Crippen LogP contribution in [0, 0.1) is 17.8 Å². The van der Waals surface area contributed by atoms with Crippen LogP contribution < -0.4 is 14.4 Å². The predicted molar refractivity (Wildman–Crippen MR) is 176 cm³/mol. The number of sulfonamides is 1. The SMILES string of the molecule is COCCO[C@H]1/C=C\C[C@@H]2COC[C@H]2S(=O)(=O)NC(=O)c2ccc3c(c2)N(C[C@@H]2CC[C@H]21)C[C@@]1(CCCc2cc(Cl)ccc21)CO3. The van der Waals surface area contributed by atoms with E-state index in [0.29, 0.717) is 57.0 Å². The van der Waals surface area contributed by atoms with E-state index >= 15 is 0 Å². The summed E-state index contributed by atoms with van der Waals surface area (Å²) in [6.45, 7) is 3.36. The van der Waals surface area contributed by atoms with E-state index in [9.17, 15) is 13.2 Å². The number of allylic oxidation sites excluding steroid dienone is 1. The van der Waals surface area contributed by atoms with Gasteiger partial charge in [0.1, 0.15) is 11.0 Å². The molecule has 2 aromatic carbocycles. The fraction of sp³-hybridized carbons (Fsp3) is 0.571. The Bertz CT molecular complexity index is 1600. The number of aryl methyl sites for hydroxylation is 1. The van der Waals surface area contributed by atoms with E-state index in [2.05, 4.69) is 27.8 Å². The van der Waals surface area contributed by atoms with Gasteiger partial charge in [0, 0.05) is 42.1 Å². The highest BCUT2D eigenvalue weighted by atomic mass is 35.5. The Balaban J connectivity index is 1.29. The number of hydrogen-bond acceptors (Lipinski definition) is 8. The number of halogens is 1. The number of fused-ring (bicyclic) bond motifs is 5. The van der Waals surface area contributed by atoms with E-state index in [1.165, 1.54) is 11.1 Å². The van der Waals surface area contributed by atoms with Crippen molar-refractivity contribution < 1.29 is 32.2 Å². The molecule has 1 saturated heterocycles. The first kappa shape index (κ1) is 31.9. The zero-order valence-electron chi connectivity index (χ0n) is 26.3. The second kappa shape index (κ2) is 13.1. The van der Waals surface area contributed by atoms with E-state index in [-0.39, 0.29) is 29.6 Å². The number of amides is 1. The summed E-state index contributed by atoms with van der Waals surface area (Å²) in [5.74, 6) is 0.466. The van der Waals surface area contributed by atoms with Gasteiger partial charge in [0.05, 0.1) is 44.8 Å². The smallest absolute Gasteiger partial charge is 0.264 e. The monoisotopic (exact) mass is 670 g/mol. The van der Waals surface area contributed by atoms with Crippen LogP contribution in [0.3, 0.4) is 0 Å². The molecule has 2 aromatic rings. The van der Waals surface area contributed by atoms with E-state index in [1.807, 2.05) is 18.2 Å². The Kier molecular flexibility index (Phi) is 9.10. The van der Waals surface area contributed by atoms with Crippen LogP contribution in [-0.4, -0.2) is 78.9 Å². The van der Waals surface area contributed by atoms with Crippen LogP contribution in [0.2, 0.25) is 5.02 Å². The Morgan fingerprint density at radius 1 is 1.11 bits per heavy atom. The van der Waals surface area contributed by atoms with Crippen molar-refractivity contribution in [2.75, 3.05) is 58.1 Å². The molecule has 0 unspecified atom stereocenters. The predicted octanol–water partition coefficient (Wildman–Crippen LogP) is 4.91. The summed E-state index contributed by atoms with van der Waals surface area (Å²) in [7, 11) is -2.32. The van der Waals surface area contributed by atoms with Crippen molar-refractivity contribution in [3.8, 4) is 5.75 Å². The number of hydrogen-bond donors (Lipinski definition) is 1. The van der Waals surface area contributed by atoms with Gasteiger partial charge in [-0.2, -0.15) is 0 Å². The molecule has 2 fully saturated rings. The summed E-state index contributed by atoms with van der Waals surface area (Å²) in [6.07, 6.45) is 9.67. The van der Waals surface area contributed by atoms with Crippen LogP contribution in [0.15, 0.2) is 48.6 Å². The maximum atomic E-state index is 13.5. The molecular weight excluding hydrogens is 628 g/mol. The highest BCUT2D eigenvalue weighted by Crippen LogP contribution is 2.47. The van der Waals surface area contributed by atoms with Gasteiger partial charge in [0.25, 0.3) is 5.91 Å². The summed E-state index contributed by atoms with van der Waals surface area (Å²) in [5.41, 5.74) is 3.38. The number of carbonyl (C=O) groups is 1. The Morgan fingerprint density at radius 2 is 2.00 bits per heavy atom. The normalized spacial score (nSPS) is 32.6. The zero-order valence-corrected chi connectivity index (χ0v) is 27.9. The van der Waals surface area contributed by atoms with Crippen molar-refractivity contribution in [2.45, 2.75) is 55.3 Å². The van der Waals surface area contributed by atoms with Gasteiger partial charge in [-0.1, -0.05) is 29.8 Å². The largest absolute Gasteiger partial charge is 0.490 e. The van der Waals surface area contributed by atoms with Gasteiger partial charge in [-0.15, -0.1) is 0 Å². The van der Waals surface area contributed by atoms with Gasteiger partial charge in [0.2, 0.25) is 10.0 Å². The molecule has 7 rings (SSSR count). The molecular formula is C35H43ClN2O7S. The van der Waals surface area contributed by atoms with Crippen LogP contribution >= 0.6 is 11.6 Å². The maximum Gasteiger partial charge on any atom is 0.264 e. The average Bonchev–Trinajstić information content (AvgIpc) is 3.45. The van der Waals surface area contributed by atoms with Gasteiger partial charge in [-0.3, -0.25) is 4.79 Å². The number of carbonyl (C=O) groups excluding carboxylic acids is 1. The molecule has 1 N–H and O–H groups in total. The quantitative estimate of drug-likeness (QED) is 0.362. The van der Waals surface area contributed by atoms with Crippen molar-refractivity contribution in [1.29, 1.82) is 0 Å². The number of benzene rings is 2. The van der Waals surface area contributed by atoms with Crippen molar-refractivity contribution in [3.63, 3.8) is 0 Å². The number of anilines is 1. The van der Waals surface area contributed by atoms with Crippen LogP contribution in [0.25, 0.3) is 0 Å². The first-order chi connectivity index (χ1) is 22.3. The zero-order chi connectivity index (χ0) is 31.9. The molecule has 5 aliphatic rings. The summed E-state index contributed by atoms with van der Waals surface area (Å²) < 4.78 is 53.3. The number of ether oxygens (including phenoxy) is 4. The molecule has 46 heavy (non-hydrogen) atoms. The third-order valence-corrected chi connectivity index (χ3v) is 12.8. The Hall–Kier alpha value is -2.63. The third-order valence-electron chi connectivity index (χ3n) is 10.8. The van der Waals surface area contributed by atoms with E-state index in [1.54, 1.807) is 19.2 Å². The first-order valence-corrected chi connectivity index (χ1v) is 18.4. The standard InChI is InChI=1S/C35H43ClN2O7S/c1-42-14-15-44-31-6-2-4-26-19-43-20-33(26)46(40,41)37-34(39)24-8-12-32-30(17-24)38(18-25-7-10-28(25)31)21-35(22-45-32)13-3-5-23-16-27(36)9-11-29(23)35/h2,6,8-9,11-12,16-17,25-26,28,31,33H,3-5,7,10,13-15,18-22H2,1H3,(H,37,39)/b6-2-/t25-,26+,28+,31-,33+,35-/m0/s1. The Morgan fingerprint density at radius 3 is 2.83 bits per heavy atom. The van der Waals surface area contributed by atoms with E-state index in [0.717, 1.165) is 49.4 Å². The molecule has 2 bridgehead atoms. The summed E-state index contributed by atoms with van der Waals surface area (Å²) >= 11 is 6.43. The van der Waals surface area contributed by atoms with Gasteiger partial charge in [0.15, 0.2) is 0 Å². The molecule has 1 spiro atoms. The third kappa shape index (κ3) is 6.19. The van der Waals surface area contributed by atoms with E-state index < -0.39 is 21.2 Å². The van der Waals surface area contributed by atoms with Crippen molar-refractivity contribution in [3.05, 3.63) is 70.3 Å². The fourth-order valence-electron chi connectivity index (χ4n) is 8.17. The molecule has 1 amide bonds. The molecule has 6 atom stereocenters. The molecule has 0 radical (unpaired) electrons. The lowest BCUT2D eigenvalue weighted by atomic mass is 9.68. The average molecular weight is 671 g/mol. The number of nitrogens with one attached hydrogen (secondary N) is 1. The molecule has 3 heterocycles. The van der Waals surface area contributed by atoms with Crippen molar-refractivity contribution in [1.82, 2.24) is 4.72 Å². The van der Waals surface area contributed by atoms with Crippen LogP contribution in [-0.2, 0) is 36.1 Å². The minimum atomic E-state index is -3.99. The minimum absolute atomic E-state index is 0.0557. The summed E-state index contributed by atoms with van der Waals surface area (Å²) in [6, 6.07) is 11.5. The highest BCUT2D eigenvalue weighted by Gasteiger charge is 2.45. The fourth-order valence-corrected chi connectivity index (χ4v) is 9.87. The first-order valence-electron chi connectivity index (χ1n) is 16.5. The summed E-state index contributed by atoms with van der Waals surface area (Å²) in [4.78, 5) is 15.9. The van der Waals surface area contributed by atoms with E-state index in [4.69, 9.17) is 30.5 Å². The highest BCUT2D eigenvalue weighted by molar-refractivity contribution is 7.90. The van der Waals surface area contributed by atoms with Crippen LogP contribution in [0.4, 0.5) is 5.69 Å². The molecule has 2 aliphatic carbocycles. The number of rotatable bonds is 4. The molecule has 1 saturated carbocycles. The molecule has 3 aliphatic heterocycles. The van der Waals surface area contributed by atoms with Gasteiger partial charge in [-0.25, -0.2) is 13.1 Å². The molecule has 248 valence electrons. The minimum Gasteiger partial charge on any atom is -0.490 e. The lowest BCUT2D eigenvalue weighted by molar-refractivity contribution is -0.0310.